The maximum Gasteiger partial charge on any atom is 0.276 e. The Morgan fingerprint density at radius 2 is 1.79 bits per heavy atom. The Hall–Kier alpha value is -3.10. The van der Waals surface area contributed by atoms with Crippen molar-refractivity contribution in [2.45, 2.75) is 6.54 Å². The largest absolute Gasteiger partial charge is 0.326 e. The van der Waals surface area contributed by atoms with E-state index in [4.69, 9.17) is 4.98 Å². The second-order valence-corrected chi connectivity index (χ2v) is 8.26. The number of nitrogens with one attached hydrogen (secondary N) is 1. The van der Waals surface area contributed by atoms with Crippen LogP contribution in [0.2, 0.25) is 0 Å². The van der Waals surface area contributed by atoms with E-state index in [0.717, 1.165) is 48.9 Å². The Bertz CT molecular complexity index is 1100. The third kappa shape index (κ3) is 3.76. The van der Waals surface area contributed by atoms with E-state index in [2.05, 4.69) is 28.4 Å². The van der Waals surface area contributed by atoms with Crippen LogP contribution in [0, 0.1) is 0 Å². The van der Waals surface area contributed by atoms with Crippen molar-refractivity contribution in [1.82, 2.24) is 24.9 Å². The molecule has 0 unspecified atom stereocenters. The van der Waals surface area contributed by atoms with Crippen LogP contribution in [0.1, 0.15) is 15.5 Å². The highest BCUT2D eigenvalue weighted by Crippen LogP contribution is 2.20. The fourth-order valence-corrected chi connectivity index (χ4v) is 4.66. The molecule has 2 aromatic carbocycles. The lowest BCUT2D eigenvalue weighted by Crippen LogP contribution is -3.13. The van der Waals surface area contributed by atoms with Crippen LogP contribution in [0.3, 0.4) is 0 Å². The molecule has 1 N–H and O–H groups in total. The molecule has 8 heteroatoms. The number of benzene rings is 2. The maximum atomic E-state index is 12.8. The van der Waals surface area contributed by atoms with Crippen LogP contribution in [0.25, 0.3) is 15.9 Å². The number of hydrogen-bond acceptors (Lipinski definition) is 5. The van der Waals surface area contributed by atoms with Crippen LogP contribution in [-0.2, 0) is 6.54 Å². The topological polar surface area (TPSA) is 68.3 Å². The molecule has 0 spiro atoms. The highest BCUT2D eigenvalue weighted by molar-refractivity contribution is 7.18. The van der Waals surface area contributed by atoms with Crippen LogP contribution in [0.4, 0.5) is 0 Å². The van der Waals surface area contributed by atoms with Gasteiger partial charge in [0.15, 0.2) is 5.69 Å². The first-order valence-corrected chi connectivity index (χ1v) is 10.5. The van der Waals surface area contributed by atoms with Gasteiger partial charge in [-0.3, -0.25) is 4.79 Å². The van der Waals surface area contributed by atoms with Crippen molar-refractivity contribution in [2.75, 3.05) is 26.2 Å². The molecule has 7 nitrogen and oxygen atoms in total. The summed E-state index contributed by atoms with van der Waals surface area (Å²) in [4.78, 5) is 22.4. The molecular formula is C21H21N6OS+. The van der Waals surface area contributed by atoms with Gasteiger partial charge in [0.1, 0.15) is 11.6 Å². The minimum Gasteiger partial charge on any atom is -0.326 e. The summed E-state index contributed by atoms with van der Waals surface area (Å²) in [5.74, 6) is -0.0498. The highest BCUT2D eigenvalue weighted by Gasteiger charge is 2.27. The van der Waals surface area contributed by atoms with Gasteiger partial charge in [0, 0.05) is 0 Å². The van der Waals surface area contributed by atoms with Gasteiger partial charge in [-0.25, -0.2) is 4.98 Å². The van der Waals surface area contributed by atoms with Crippen LogP contribution in [-0.4, -0.2) is 57.0 Å². The first-order chi connectivity index (χ1) is 14.3. The Balaban J connectivity index is 1.20. The SMILES string of the molecule is O=C(c1cnn(-c2ccccc2)n1)N1CC[NH+](Cc2nc3ccccc3s2)CC1. The molecule has 1 amide bonds. The number of nitrogens with zero attached hydrogens (tertiary/aromatic N) is 5. The molecule has 1 saturated heterocycles. The fraction of sp³-hybridized carbons (Fsp3) is 0.238. The summed E-state index contributed by atoms with van der Waals surface area (Å²) in [6, 6.07) is 17.9. The number of quaternary nitrogens is 1. The standard InChI is InChI=1S/C21H20N6OS/c28-21(18-14-22-27(24-18)16-6-2-1-3-7-16)26-12-10-25(11-13-26)15-20-23-17-8-4-5-9-19(17)29-20/h1-9,14H,10-13,15H2/p+1. The quantitative estimate of drug-likeness (QED) is 0.558. The highest BCUT2D eigenvalue weighted by atomic mass is 32.1. The molecule has 146 valence electrons. The van der Waals surface area contributed by atoms with Crippen molar-refractivity contribution < 1.29 is 9.69 Å². The van der Waals surface area contributed by atoms with Crippen molar-refractivity contribution in [3.05, 3.63) is 71.5 Å². The molecule has 0 atom stereocenters. The van der Waals surface area contributed by atoms with Crippen molar-refractivity contribution in [1.29, 1.82) is 0 Å². The van der Waals surface area contributed by atoms with Gasteiger partial charge in [-0.1, -0.05) is 30.3 Å². The number of fused-ring (bicyclic) bond motifs is 1. The summed E-state index contributed by atoms with van der Waals surface area (Å²) >= 11 is 1.76. The number of piperazine rings is 1. The lowest BCUT2D eigenvalue weighted by molar-refractivity contribution is -0.917. The van der Waals surface area contributed by atoms with E-state index >= 15 is 0 Å². The molecule has 4 aromatic rings. The second-order valence-electron chi connectivity index (χ2n) is 7.15. The molecule has 0 aliphatic carbocycles. The number of thiazole rings is 1. The molecule has 1 aliphatic rings. The summed E-state index contributed by atoms with van der Waals surface area (Å²) < 4.78 is 1.23. The van der Waals surface area contributed by atoms with Gasteiger partial charge < -0.3 is 9.80 Å². The Morgan fingerprint density at radius 3 is 2.59 bits per heavy atom. The van der Waals surface area contributed by atoms with Gasteiger partial charge in [0.2, 0.25) is 0 Å². The van der Waals surface area contributed by atoms with Crippen molar-refractivity contribution in [3.8, 4) is 5.69 Å². The van der Waals surface area contributed by atoms with Gasteiger partial charge in [0.05, 0.1) is 48.3 Å². The summed E-state index contributed by atoms with van der Waals surface area (Å²) in [7, 11) is 0. The zero-order chi connectivity index (χ0) is 19.6. The zero-order valence-electron chi connectivity index (χ0n) is 15.9. The predicted octanol–water partition coefficient (Wildman–Crippen LogP) is 1.42. The number of hydrogen-bond donors (Lipinski definition) is 1. The molecule has 5 rings (SSSR count). The van der Waals surface area contributed by atoms with Crippen LogP contribution in [0.15, 0.2) is 60.8 Å². The monoisotopic (exact) mass is 405 g/mol. The van der Waals surface area contributed by atoms with Crippen molar-refractivity contribution in [2.24, 2.45) is 0 Å². The van der Waals surface area contributed by atoms with Crippen LogP contribution in [0.5, 0.6) is 0 Å². The van der Waals surface area contributed by atoms with E-state index in [0.29, 0.717) is 5.69 Å². The Labute approximate surface area is 172 Å². The van der Waals surface area contributed by atoms with Gasteiger partial charge in [-0.2, -0.15) is 9.90 Å². The summed E-state index contributed by atoms with van der Waals surface area (Å²) in [5.41, 5.74) is 2.31. The number of aromatic nitrogens is 4. The number of carbonyl (C=O) groups excluding carboxylic acids is 1. The summed E-state index contributed by atoms with van der Waals surface area (Å²) in [6.45, 7) is 4.17. The van der Waals surface area contributed by atoms with E-state index in [-0.39, 0.29) is 5.91 Å². The van der Waals surface area contributed by atoms with E-state index in [1.54, 1.807) is 17.5 Å². The van der Waals surface area contributed by atoms with Crippen LogP contribution >= 0.6 is 11.3 Å². The Kier molecular flexibility index (Phi) is 4.79. The molecule has 0 bridgehead atoms. The minimum absolute atomic E-state index is 0.0498. The van der Waals surface area contributed by atoms with Crippen molar-refractivity contribution >= 4 is 27.5 Å². The summed E-state index contributed by atoms with van der Waals surface area (Å²) in [6.07, 6.45) is 1.55. The van der Waals surface area contributed by atoms with Gasteiger partial charge in [-0.15, -0.1) is 16.4 Å². The molecule has 2 aromatic heterocycles. The summed E-state index contributed by atoms with van der Waals surface area (Å²) in [5, 5.41) is 9.76. The average Bonchev–Trinajstić information content (AvgIpc) is 3.41. The molecule has 0 radical (unpaired) electrons. The lowest BCUT2D eigenvalue weighted by atomic mass is 10.3. The molecule has 1 fully saturated rings. The number of carbonyl (C=O) groups is 1. The van der Waals surface area contributed by atoms with Crippen LogP contribution < -0.4 is 4.90 Å². The number of para-hydroxylation sites is 2. The van der Waals surface area contributed by atoms with E-state index in [1.807, 2.05) is 41.3 Å². The third-order valence-corrected chi connectivity index (χ3v) is 6.23. The molecule has 3 heterocycles. The smallest absolute Gasteiger partial charge is 0.276 e. The average molecular weight is 406 g/mol. The first-order valence-electron chi connectivity index (χ1n) is 9.71. The minimum atomic E-state index is -0.0498. The van der Waals surface area contributed by atoms with E-state index in [1.165, 1.54) is 14.4 Å². The lowest BCUT2D eigenvalue weighted by Gasteiger charge is -2.31. The van der Waals surface area contributed by atoms with Gasteiger partial charge in [0.25, 0.3) is 5.91 Å². The first kappa shape index (κ1) is 18.0. The van der Waals surface area contributed by atoms with Gasteiger partial charge >= 0.3 is 0 Å². The van der Waals surface area contributed by atoms with E-state index in [9.17, 15) is 4.79 Å². The normalized spacial score (nSPS) is 15.1. The third-order valence-electron chi connectivity index (χ3n) is 5.20. The van der Waals surface area contributed by atoms with Crippen molar-refractivity contribution in [3.63, 3.8) is 0 Å². The number of amides is 1. The van der Waals surface area contributed by atoms with E-state index < -0.39 is 0 Å². The molecule has 29 heavy (non-hydrogen) atoms. The molecule has 1 aliphatic heterocycles. The second kappa shape index (κ2) is 7.73. The Morgan fingerprint density at radius 1 is 1.03 bits per heavy atom. The zero-order valence-corrected chi connectivity index (χ0v) is 16.7. The number of rotatable bonds is 4. The molecular weight excluding hydrogens is 384 g/mol. The predicted molar refractivity (Wildman–Crippen MR) is 111 cm³/mol. The fourth-order valence-electron chi connectivity index (χ4n) is 3.62. The molecule has 0 saturated carbocycles. The maximum absolute atomic E-state index is 12.8. The van der Waals surface area contributed by atoms with Gasteiger partial charge in [-0.05, 0) is 24.3 Å².